The van der Waals surface area contributed by atoms with Crippen LogP contribution in [0.2, 0.25) is 5.02 Å². The van der Waals surface area contributed by atoms with Gasteiger partial charge >= 0.3 is 0 Å². The third-order valence-electron chi connectivity index (χ3n) is 3.18. The fourth-order valence-electron chi connectivity index (χ4n) is 2.06. The van der Waals surface area contributed by atoms with Crippen molar-refractivity contribution >= 4 is 29.2 Å². The van der Waals surface area contributed by atoms with Crippen LogP contribution in [0.25, 0.3) is 0 Å². The largest absolute Gasteiger partial charge is 0.370 e. The molecule has 0 saturated heterocycles. The standard InChI is InChI=1S/C16H21ClN2O3/c1-10(15(22)19-16(2,3)9-14(18)21)8-13(20)11-4-6-12(17)7-5-11/h4-7,10H,8-9H2,1-3H3,(H2,18,21)(H,19,22). The Morgan fingerprint density at radius 1 is 1.23 bits per heavy atom. The van der Waals surface area contributed by atoms with Crippen LogP contribution in [-0.2, 0) is 9.59 Å². The number of Topliss-reactive ketones (excluding diaryl/α,β-unsaturated/α-hetero) is 1. The Bertz CT molecular complexity index is 567. The van der Waals surface area contributed by atoms with Crippen molar-refractivity contribution in [2.75, 3.05) is 0 Å². The van der Waals surface area contributed by atoms with Crippen molar-refractivity contribution in [1.82, 2.24) is 5.32 Å². The number of amides is 2. The third kappa shape index (κ3) is 5.85. The number of halogens is 1. The van der Waals surface area contributed by atoms with Crippen molar-refractivity contribution in [2.45, 2.75) is 39.2 Å². The first-order valence-corrected chi connectivity index (χ1v) is 7.37. The Kier molecular flexibility index (Phi) is 6.11. The maximum absolute atomic E-state index is 12.1. The van der Waals surface area contributed by atoms with Gasteiger partial charge in [-0.25, -0.2) is 0 Å². The first-order valence-electron chi connectivity index (χ1n) is 7.00. The highest BCUT2D eigenvalue weighted by Crippen LogP contribution is 2.15. The van der Waals surface area contributed by atoms with E-state index in [1.54, 1.807) is 45.0 Å². The molecule has 3 N–H and O–H groups in total. The number of hydrogen-bond acceptors (Lipinski definition) is 3. The van der Waals surface area contributed by atoms with Crippen LogP contribution in [0, 0.1) is 5.92 Å². The predicted octanol–water partition coefficient (Wildman–Crippen LogP) is 2.32. The molecule has 5 nitrogen and oxygen atoms in total. The molecular weight excluding hydrogens is 304 g/mol. The Labute approximate surface area is 135 Å². The molecule has 0 spiro atoms. The number of nitrogens with one attached hydrogen (secondary N) is 1. The second-order valence-corrected chi connectivity index (χ2v) is 6.49. The summed E-state index contributed by atoms with van der Waals surface area (Å²) in [7, 11) is 0. The molecule has 0 radical (unpaired) electrons. The van der Waals surface area contributed by atoms with Crippen LogP contribution >= 0.6 is 11.6 Å². The second-order valence-electron chi connectivity index (χ2n) is 6.05. The molecule has 2 amide bonds. The van der Waals surface area contributed by atoms with Crippen LogP contribution in [0.1, 0.15) is 44.0 Å². The van der Waals surface area contributed by atoms with Crippen LogP contribution < -0.4 is 11.1 Å². The van der Waals surface area contributed by atoms with Crippen LogP contribution in [0.3, 0.4) is 0 Å². The normalized spacial score (nSPS) is 12.5. The van der Waals surface area contributed by atoms with Gasteiger partial charge < -0.3 is 11.1 Å². The average Bonchev–Trinajstić information content (AvgIpc) is 2.36. The number of hydrogen-bond donors (Lipinski definition) is 2. The summed E-state index contributed by atoms with van der Waals surface area (Å²) in [5.74, 6) is -1.41. The van der Waals surface area contributed by atoms with E-state index < -0.39 is 17.4 Å². The summed E-state index contributed by atoms with van der Waals surface area (Å²) in [5, 5.41) is 3.29. The van der Waals surface area contributed by atoms with Crippen LogP contribution in [-0.4, -0.2) is 23.1 Å². The number of carbonyl (C=O) groups is 3. The van der Waals surface area contributed by atoms with E-state index in [0.29, 0.717) is 10.6 Å². The fourth-order valence-corrected chi connectivity index (χ4v) is 2.19. The molecule has 1 unspecified atom stereocenters. The van der Waals surface area contributed by atoms with Gasteiger partial charge in [-0.1, -0.05) is 18.5 Å². The van der Waals surface area contributed by atoms with E-state index in [1.165, 1.54) is 0 Å². The molecule has 22 heavy (non-hydrogen) atoms. The number of benzene rings is 1. The van der Waals surface area contributed by atoms with Gasteiger partial charge in [0.2, 0.25) is 11.8 Å². The lowest BCUT2D eigenvalue weighted by Crippen LogP contribution is -2.48. The molecule has 0 saturated carbocycles. The average molecular weight is 325 g/mol. The predicted molar refractivity (Wildman–Crippen MR) is 85.6 cm³/mol. The first-order chi connectivity index (χ1) is 10.1. The molecule has 0 heterocycles. The molecule has 120 valence electrons. The molecule has 0 aliphatic heterocycles. The van der Waals surface area contributed by atoms with E-state index in [2.05, 4.69) is 5.32 Å². The number of ketones is 1. The van der Waals surface area contributed by atoms with Crippen molar-refractivity contribution in [3.8, 4) is 0 Å². The quantitative estimate of drug-likeness (QED) is 0.754. The first kappa shape index (κ1) is 18.2. The maximum atomic E-state index is 12.1. The van der Waals surface area contributed by atoms with Gasteiger partial charge in [0, 0.05) is 34.9 Å². The topological polar surface area (TPSA) is 89.3 Å². The smallest absolute Gasteiger partial charge is 0.223 e. The maximum Gasteiger partial charge on any atom is 0.223 e. The number of rotatable bonds is 7. The van der Waals surface area contributed by atoms with Gasteiger partial charge in [-0.15, -0.1) is 0 Å². The zero-order chi connectivity index (χ0) is 16.9. The SMILES string of the molecule is CC(CC(=O)c1ccc(Cl)cc1)C(=O)NC(C)(C)CC(N)=O. The van der Waals surface area contributed by atoms with Crippen LogP contribution in [0.15, 0.2) is 24.3 Å². The van der Waals surface area contributed by atoms with Crippen molar-refractivity contribution in [3.05, 3.63) is 34.9 Å². The lowest BCUT2D eigenvalue weighted by Gasteiger charge is -2.26. The Morgan fingerprint density at radius 2 is 1.77 bits per heavy atom. The highest BCUT2D eigenvalue weighted by Gasteiger charge is 2.26. The van der Waals surface area contributed by atoms with Gasteiger partial charge in [0.25, 0.3) is 0 Å². The third-order valence-corrected chi connectivity index (χ3v) is 3.44. The van der Waals surface area contributed by atoms with Crippen molar-refractivity contribution in [3.63, 3.8) is 0 Å². The van der Waals surface area contributed by atoms with Crippen molar-refractivity contribution in [1.29, 1.82) is 0 Å². The van der Waals surface area contributed by atoms with Gasteiger partial charge in [-0.05, 0) is 38.1 Å². The molecule has 0 aliphatic carbocycles. The molecule has 1 aromatic rings. The van der Waals surface area contributed by atoms with Gasteiger partial charge in [0.1, 0.15) is 0 Å². The molecule has 1 aromatic carbocycles. The Hall–Kier alpha value is -1.88. The van der Waals surface area contributed by atoms with E-state index in [1.807, 2.05) is 0 Å². The van der Waals surface area contributed by atoms with Crippen molar-refractivity contribution in [2.24, 2.45) is 11.7 Å². The van der Waals surface area contributed by atoms with Gasteiger partial charge in [-0.3, -0.25) is 14.4 Å². The summed E-state index contributed by atoms with van der Waals surface area (Å²) >= 11 is 5.77. The van der Waals surface area contributed by atoms with Crippen molar-refractivity contribution < 1.29 is 14.4 Å². The highest BCUT2D eigenvalue weighted by atomic mass is 35.5. The summed E-state index contributed by atoms with van der Waals surface area (Å²) in [5.41, 5.74) is 4.92. The zero-order valence-electron chi connectivity index (χ0n) is 13.0. The van der Waals surface area contributed by atoms with Gasteiger partial charge in [0.05, 0.1) is 0 Å². The zero-order valence-corrected chi connectivity index (χ0v) is 13.7. The summed E-state index contributed by atoms with van der Waals surface area (Å²) in [6.45, 7) is 5.09. The van der Waals surface area contributed by atoms with Gasteiger partial charge in [-0.2, -0.15) is 0 Å². The van der Waals surface area contributed by atoms with E-state index in [4.69, 9.17) is 17.3 Å². The number of nitrogens with two attached hydrogens (primary N) is 1. The summed E-state index contributed by atoms with van der Waals surface area (Å²) in [6, 6.07) is 6.53. The lowest BCUT2D eigenvalue weighted by atomic mass is 9.95. The molecule has 1 atom stereocenters. The monoisotopic (exact) mass is 324 g/mol. The minimum Gasteiger partial charge on any atom is -0.370 e. The lowest BCUT2D eigenvalue weighted by molar-refractivity contribution is -0.126. The molecular formula is C16H21ClN2O3. The van der Waals surface area contributed by atoms with E-state index in [9.17, 15) is 14.4 Å². The van der Waals surface area contributed by atoms with E-state index >= 15 is 0 Å². The molecule has 6 heteroatoms. The fraction of sp³-hybridized carbons (Fsp3) is 0.438. The molecule has 0 aromatic heterocycles. The number of primary amides is 1. The van der Waals surface area contributed by atoms with E-state index in [0.717, 1.165) is 0 Å². The molecule has 1 rings (SSSR count). The molecule has 0 bridgehead atoms. The molecule has 0 fully saturated rings. The molecule has 0 aliphatic rings. The minimum atomic E-state index is -0.736. The second kappa shape index (κ2) is 7.40. The van der Waals surface area contributed by atoms with E-state index in [-0.39, 0.29) is 24.5 Å². The summed E-state index contributed by atoms with van der Waals surface area (Å²) < 4.78 is 0. The Balaban J connectivity index is 2.62. The van der Waals surface area contributed by atoms with Crippen LogP contribution in [0.5, 0.6) is 0 Å². The van der Waals surface area contributed by atoms with Gasteiger partial charge in [0.15, 0.2) is 5.78 Å². The number of carbonyl (C=O) groups excluding carboxylic acids is 3. The van der Waals surface area contributed by atoms with Crippen LogP contribution in [0.4, 0.5) is 0 Å². The summed E-state index contributed by atoms with van der Waals surface area (Å²) in [4.78, 5) is 35.2. The minimum absolute atomic E-state index is 0.0383. The Morgan fingerprint density at radius 3 is 2.27 bits per heavy atom. The highest BCUT2D eigenvalue weighted by molar-refractivity contribution is 6.30. The summed E-state index contributed by atoms with van der Waals surface area (Å²) in [6.07, 6.45) is 0.122.